The monoisotopic (exact) mass is 203 g/mol. The minimum atomic E-state index is -0.487. The summed E-state index contributed by atoms with van der Waals surface area (Å²) in [6, 6.07) is 1.26. The number of fused-ring (bicyclic) bond motifs is 1. The van der Waals surface area contributed by atoms with E-state index in [1.807, 2.05) is 0 Å². The average Bonchev–Trinajstić information content (AvgIpc) is 2.18. The Morgan fingerprint density at radius 1 is 1.67 bits per heavy atom. The number of rotatable bonds is 1. The average molecular weight is 203 g/mol. The molecule has 2 N–H and O–H groups in total. The molecule has 2 heterocycles. The Morgan fingerprint density at radius 2 is 2.47 bits per heavy atom. The van der Waals surface area contributed by atoms with Gasteiger partial charge in [0.2, 0.25) is 13.8 Å². The predicted octanol–water partition coefficient (Wildman–Crippen LogP) is -0.713. The van der Waals surface area contributed by atoms with Gasteiger partial charge in [-0.2, -0.15) is 0 Å². The lowest BCUT2D eigenvalue weighted by Gasteiger charge is -2.24. The Balaban J connectivity index is 2.22. The molecule has 1 aromatic rings. The molecule has 1 aliphatic heterocycles. The minimum Gasteiger partial charge on any atom is -0.353 e. The van der Waals surface area contributed by atoms with Gasteiger partial charge in [-0.15, -0.1) is 0 Å². The molecule has 5 nitrogen and oxygen atoms in total. The summed E-state index contributed by atoms with van der Waals surface area (Å²) in [7, 11) is 1.39. The van der Waals surface area contributed by atoms with Gasteiger partial charge in [0, 0.05) is 24.5 Å². The number of aromatic nitrogens is 1. The van der Waals surface area contributed by atoms with Crippen molar-refractivity contribution in [2.75, 3.05) is 5.32 Å². The molecule has 0 radical (unpaired) electrons. The maximum absolute atomic E-state index is 11.5. The summed E-state index contributed by atoms with van der Waals surface area (Å²) >= 11 is 0. The molecular weight excluding hydrogens is 193 g/mol. The maximum atomic E-state index is 11.5. The van der Waals surface area contributed by atoms with Crippen molar-refractivity contribution < 1.29 is 9.59 Å². The molecule has 2 rings (SSSR count). The normalized spacial score (nSPS) is 18.9. The van der Waals surface area contributed by atoms with Crippen LogP contribution in [0.25, 0.3) is 0 Å². The van der Waals surface area contributed by atoms with E-state index in [1.54, 1.807) is 18.5 Å². The van der Waals surface area contributed by atoms with Crippen molar-refractivity contribution in [3.63, 3.8) is 0 Å². The number of hydrogen-bond donors (Lipinski definition) is 2. The van der Waals surface area contributed by atoms with Crippen molar-refractivity contribution in [3.8, 4) is 0 Å². The lowest BCUT2D eigenvalue weighted by Crippen LogP contribution is -2.47. The number of carbonyl (C=O) groups excluding carboxylic acids is 2. The fourth-order valence-electron chi connectivity index (χ4n) is 1.61. The van der Waals surface area contributed by atoms with Crippen LogP contribution in [-0.4, -0.2) is 30.6 Å². The van der Waals surface area contributed by atoms with Crippen molar-refractivity contribution in [1.29, 1.82) is 0 Å². The Hall–Kier alpha value is -1.85. The van der Waals surface area contributed by atoms with Crippen molar-refractivity contribution in [3.05, 3.63) is 24.0 Å². The first-order valence-electron chi connectivity index (χ1n) is 4.67. The number of nitrogens with one attached hydrogen (secondary N) is 2. The molecule has 15 heavy (non-hydrogen) atoms. The van der Waals surface area contributed by atoms with E-state index in [2.05, 4.69) is 15.6 Å². The van der Waals surface area contributed by atoms with Gasteiger partial charge in [0.05, 0.1) is 0 Å². The van der Waals surface area contributed by atoms with Crippen LogP contribution in [0.3, 0.4) is 0 Å². The van der Waals surface area contributed by atoms with Crippen molar-refractivity contribution in [1.82, 2.24) is 10.3 Å². The topological polar surface area (TPSA) is 71.1 Å². The quantitative estimate of drug-likeness (QED) is 0.592. The van der Waals surface area contributed by atoms with Crippen LogP contribution in [-0.2, 0) is 11.2 Å². The van der Waals surface area contributed by atoms with Gasteiger partial charge in [0.1, 0.15) is 6.04 Å². The molecule has 1 aromatic heterocycles. The fourth-order valence-corrected chi connectivity index (χ4v) is 1.61. The van der Waals surface area contributed by atoms with Crippen LogP contribution in [0.1, 0.15) is 5.56 Å². The summed E-state index contributed by atoms with van der Waals surface area (Å²) in [5.74, 6) is -0.383. The number of carbonyl (C=O) groups is 2. The van der Waals surface area contributed by atoms with Crippen molar-refractivity contribution in [2.24, 2.45) is 0 Å². The third kappa shape index (κ3) is 1.98. The summed E-state index contributed by atoms with van der Waals surface area (Å²) in [4.78, 5) is 26.4. The second kappa shape index (κ2) is 3.72. The lowest BCUT2D eigenvalue weighted by molar-refractivity contribution is -0.118. The number of amides is 2. The summed E-state index contributed by atoms with van der Waals surface area (Å²) in [5, 5.41) is 5.32. The molecule has 76 valence electrons. The molecule has 6 heteroatoms. The highest BCUT2D eigenvalue weighted by Gasteiger charge is 2.26. The standard InChI is InChI=1S/C9H10BN3O2/c10-9(15)13-7-3-5-4-11-2-1-6(5)12-8(7)14/h1-2,4,7H,3,10H2,(H,12,14)(H,13,15). The number of nitrogens with zero attached hydrogens (tertiary/aromatic N) is 1. The molecule has 0 aromatic carbocycles. The molecule has 0 saturated carbocycles. The van der Waals surface area contributed by atoms with E-state index in [0.29, 0.717) is 6.42 Å². The van der Waals surface area contributed by atoms with E-state index < -0.39 is 6.04 Å². The molecule has 0 spiro atoms. The Labute approximate surface area is 87.7 Å². The van der Waals surface area contributed by atoms with E-state index in [0.717, 1.165) is 11.3 Å². The van der Waals surface area contributed by atoms with Gasteiger partial charge in [-0.1, -0.05) is 0 Å². The first-order valence-corrected chi connectivity index (χ1v) is 4.67. The van der Waals surface area contributed by atoms with Gasteiger partial charge < -0.3 is 10.6 Å². The van der Waals surface area contributed by atoms with Gasteiger partial charge in [-0.25, -0.2) is 0 Å². The summed E-state index contributed by atoms with van der Waals surface area (Å²) in [6.45, 7) is 0. The van der Waals surface area contributed by atoms with Gasteiger partial charge in [-0.05, 0) is 11.6 Å². The van der Waals surface area contributed by atoms with Gasteiger partial charge in [-0.3, -0.25) is 14.6 Å². The third-order valence-electron chi connectivity index (χ3n) is 2.28. The number of pyridine rings is 1. The SMILES string of the molecule is BC(=O)NC1Cc2cnccc2NC1=O. The van der Waals surface area contributed by atoms with E-state index in [4.69, 9.17) is 0 Å². The molecule has 0 aliphatic carbocycles. The molecule has 2 amide bonds. The third-order valence-corrected chi connectivity index (χ3v) is 2.28. The van der Waals surface area contributed by atoms with Crippen LogP contribution in [0.2, 0.25) is 0 Å². The van der Waals surface area contributed by atoms with E-state index in [9.17, 15) is 9.59 Å². The zero-order valence-electron chi connectivity index (χ0n) is 8.28. The highest BCUT2D eigenvalue weighted by Crippen LogP contribution is 2.20. The molecule has 1 aliphatic rings. The second-order valence-corrected chi connectivity index (χ2v) is 3.48. The predicted molar refractivity (Wildman–Crippen MR) is 57.4 cm³/mol. The molecule has 1 unspecified atom stereocenters. The first-order chi connectivity index (χ1) is 7.16. The largest absolute Gasteiger partial charge is 0.353 e. The molecular formula is C9H10BN3O2. The number of anilines is 1. The highest BCUT2D eigenvalue weighted by molar-refractivity contribution is 6.57. The van der Waals surface area contributed by atoms with Crippen LogP contribution in [0.15, 0.2) is 18.5 Å². The zero-order valence-corrected chi connectivity index (χ0v) is 8.28. The van der Waals surface area contributed by atoms with Crippen LogP contribution in [0, 0.1) is 0 Å². The molecule has 0 fully saturated rings. The van der Waals surface area contributed by atoms with Crippen molar-refractivity contribution >= 4 is 25.2 Å². The minimum absolute atomic E-state index is 0.177. The fraction of sp³-hybridized carbons (Fsp3) is 0.222. The summed E-state index contributed by atoms with van der Waals surface area (Å²) in [6.07, 6.45) is 3.82. The lowest BCUT2D eigenvalue weighted by atomic mass is 9.99. The highest BCUT2D eigenvalue weighted by atomic mass is 16.2. The molecule has 0 saturated heterocycles. The van der Waals surface area contributed by atoms with Crippen LogP contribution >= 0.6 is 0 Å². The molecule has 0 bridgehead atoms. The van der Waals surface area contributed by atoms with Gasteiger partial charge >= 0.3 is 0 Å². The Morgan fingerprint density at radius 3 is 3.20 bits per heavy atom. The van der Waals surface area contributed by atoms with E-state index >= 15 is 0 Å². The van der Waals surface area contributed by atoms with E-state index in [-0.39, 0.29) is 11.7 Å². The maximum Gasteiger partial charge on any atom is 0.247 e. The van der Waals surface area contributed by atoms with Crippen LogP contribution < -0.4 is 10.6 Å². The van der Waals surface area contributed by atoms with Crippen LogP contribution in [0.5, 0.6) is 0 Å². The van der Waals surface area contributed by atoms with Gasteiger partial charge in [0.25, 0.3) is 0 Å². The second-order valence-electron chi connectivity index (χ2n) is 3.48. The van der Waals surface area contributed by atoms with Gasteiger partial charge in [0.15, 0.2) is 5.81 Å². The zero-order chi connectivity index (χ0) is 10.8. The van der Waals surface area contributed by atoms with E-state index in [1.165, 1.54) is 7.85 Å². The van der Waals surface area contributed by atoms with Crippen molar-refractivity contribution in [2.45, 2.75) is 12.5 Å². The Bertz CT molecular complexity index is 422. The smallest absolute Gasteiger partial charge is 0.247 e. The summed E-state index contributed by atoms with van der Waals surface area (Å²) in [5.41, 5.74) is 1.72. The Kier molecular flexibility index (Phi) is 2.41. The van der Waals surface area contributed by atoms with Crippen LogP contribution in [0.4, 0.5) is 10.5 Å². The summed E-state index contributed by atoms with van der Waals surface area (Å²) < 4.78 is 0. The molecule has 1 atom stereocenters. The first kappa shape index (κ1) is 9.70. The number of hydrogen-bond acceptors (Lipinski definition) is 3.